The molecule has 1 aromatic carbocycles. The maximum absolute atomic E-state index is 12.7. The summed E-state index contributed by atoms with van der Waals surface area (Å²) in [4.78, 5) is 18.6. The van der Waals surface area contributed by atoms with E-state index in [0.717, 1.165) is 25.9 Å². The number of hydrogen-bond acceptors (Lipinski definition) is 4. The first-order chi connectivity index (χ1) is 9.99. The number of carbonyl (C=O) groups excluding carboxylic acids is 1. The molecule has 2 N–H and O–H groups in total. The number of rotatable bonds is 2. The number of pyridine rings is 1. The number of ketones is 1. The number of anilines is 1. The number of fused-ring (bicyclic) bond motifs is 1. The van der Waals surface area contributed by atoms with Crippen molar-refractivity contribution >= 4 is 49.0 Å². The zero-order valence-electron chi connectivity index (χ0n) is 11.6. The van der Waals surface area contributed by atoms with E-state index in [4.69, 9.17) is 5.73 Å². The predicted octanol–water partition coefficient (Wildman–Crippen LogP) is 4.49. The van der Waals surface area contributed by atoms with Gasteiger partial charge in [0.1, 0.15) is 9.71 Å². The number of carbonyl (C=O) groups is 1. The molecule has 0 radical (unpaired) electrons. The fourth-order valence-corrected chi connectivity index (χ4v) is 4.04. The van der Waals surface area contributed by atoms with E-state index >= 15 is 0 Å². The first-order valence-corrected chi connectivity index (χ1v) is 8.05. The normalized spacial score (nSPS) is 11.0. The first kappa shape index (κ1) is 14.2. The quantitative estimate of drug-likeness (QED) is 0.685. The van der Waals surface area contributed by atoms with Crippen molar-refractivity contribution in [3.8, 4) is 0 Å². The fourth-order valence-electron chi connectivity index (χ4n) is 2.41. The molecular formula is C16H13BrN2OS. The average Bonchev–Trinajstić information content (AvgIpc) is 2.75. The van der Waals surface area contributed by atoms with Crippen LogP contribution in [0.3, 0.4) is 0 Å². The molecule has 106 valence electrons. The highest BCUT2D eigenvalue weighted by Crippen LogP contribution is 2.37. The van der Waals surface area contributed by atoms with E-state index in [9.17, 15) is 4.79 Å². The lowest BCUT2D eigenvalue weighted by atomic mass is 10.1. The Morgan fingerprint density at radius 2 is 2.00 bits per heavy atom. The number of nitrogens with zero attached hydrogens (tertiary/aromatic N) is 1. The van der Waals surface area contributed by atoms with E-state index in [-0.39, 0.29) is 5.78 Å². The van der Waals surface area contributed by atoms with Crippen molar-refractivity contribution < 1.29 is 4.79 Å². The molecule has 21 heavy (non-hydrogen) atoms. The summed E-state index contributed by atoms with van der Waals surface area (Å²) in [6.45, 7) is 3.93. The van der Waals surface area contributed by atoms with Gasteiger partial charge in [0.25, 0.3) is 0 Å². The van der Waals surface area contributed by atoms with Crippen molar-refractivity contribution in [3.05, 3.63) is 56.5 Å². The third kappa shape index (κ3) is 2.36. The molecule has 0 bridgehead atoms. The highest BCUT2D eigenvalue weighted by molar-refractivity contribution is 9.10. The Morgan fingerprint density at radius 1 is 1.29 bits per heavy atom. The van der Waals surface area contributed by atoms with Crippen molar-refractivity contribution in [1.82, 2.24) is 4.98 Å². The largest absolute Gasteiger partial charge is 0.397 e. The van der Waals surface area contributed by atoms with Crippen LogP contribution in [0.25, 0.3) is 10.2 Å². The molecule has 0 atom stereocenters. The van der Waals surface area contributed by atoms with Gasteiger partial charge in [-0.15, -0.1) is 11.3 Å². The van der Waals surface area contributed by atoms with Gasteiger partial charge in [0.2, 0.25) is 5.78 Å². The smallest absolute Gasteiger partial charge is 0.206 e. The van der Waals surface area contributed by atoms with Gasteiger partial charge in [-0.3, -0.25) is 4.79 Å². The van der Waals surface area contributed by atoms with E-state index in [1.807, 2.05) is 38.1 Å². The third-order valence-electron chi connectivity index (χ3n) is 3.35. The molecule has 0 amide bonds. The molecule has 0 aliphatic heterocycles. The molecule has 2 aromatic heterocycles. The number of aromatic nitrogens is 1. The zero-order chi connectivity index (χ0) is 15.1. The highest BCUT2D eigenvalue weighted by atomic mass is 79.9. The summed E-state index contributed by atoms with van der Waals surface area (Å²) in [5.41, 5.74) is 9.34. The predicted molar refractivity (Wildman–Crippen MR) is 91.1 cm³/mol. The van der Waals surface area contributed by atoms with Crippen molar-refractivity contribution in [1.29, 1.82) is 0 Å². The van der Waals surface area contributed by atoms with E-state index in [1.54, 1.807) is 6.07 Å². The Hall–Kier alpha value is -1.72. The third-order valence-corrected chi connectivity index (χ3v) is 5.14. The lowest BCUT2D eigenvalue weighted by Gasteiger charge is -2.03. The van der Waals surface area contributed by atoms with Crippen LogP contribution in [0.1, 0.15) is 26.5 Å². The average molecular weight is 361 g/mol. The van der Waals surface area contributed by atoms with Crippen LogP contribution in [-0.2, 0) is 0 Å². The second-order valence-corrected chi connectivity index (χ2v) is 6.77. The van der Waals surface area contributed by atoms with Gasteiger partial charge in [-0.25, -0.2) is 4.98 Å². The monoisotopic (exact) mass is 360 g/mol. The first-order valence-electron chi connectivity index (χ1n) is 6.44. The van der Waals surface area contributed by atoms with Crippen LogP contribution < -0.4 is 5.73 Å². The Morgan fingerprint density at radius 3 is 2.71 bits per heavy atom. The molecule has 3 rings (SSSR count). The number of hydrogen-bond donors (Lipinski definition) is 1. The number of nitrogens with two attached hydrogens (primary N) is 1. The SMILES string of the molecule is Cc1cc(C)c2c(N)c(C(=O)c3ccccc3Br)sc2n1. The minimum absolute atomic E-state index is 0.0694. The molecule has 5 heteroatoms. The Bertz CT molecular complexity index is 870. The van der Waals surface area contributed by atoms with Crippen molar-refractivity contribution in [2.45, 2.75) is 13.8 Å². The van der Waals surface area contributed by atoms with Crippen LogP contribution >= 0.6 is 27.3 Å². The van der Waals surface area contributed by atoms with Crippen LogP contribution in [-0.4, -0.2) is 10.8 Å². The Labute approximate surface area is 134 Å². The van der Waals surface area contributed by atoms with Crippen LogP contribution in [0, 0.1) is 13.8 Å². The van der Waals surface area contributed by atoms with E-state index in [1.165, 1.54) is 11.3 Å². The van der Waals surface area contributed by atoms with Gasteiger partial charge in [-0.1, -0.05) is 28.1 Å². The van der Waals surface area contributed by atoms with Gasteiger partial charge in [0, 0.05) is 21.1 Å². The van der Waals surface area contributed by atoms with Crippen LogP contribution in [0.2, 0.25) is 0 Å². The van der Waals surface area contributed by atoms with Crippen molar-refractivity contribution in [3.63, 3.8) is 0 Å². The number of halogens is 1. The maximum Gasteiger partial charge on any atom is 0.206 e. The second kappa shape index (κ2) is 5.24. The highest BCUT2D eigenvalue weighted by Gasteiger charge is 2.21. The Balaban J connectivity index is 2.22. The molecule has 0 spiro atoms. The van der Waals surface area contributed by atoms with Gasteiger partial charge >= 0.3 is 0 Å². The molecule has 2 heterocycles. The summed E-state index contributed by atoms with van der Waals surface area (Å²) in [6.07, 6.45) is 0. The molecule has 3 nitrogen and oxygen atoms in total. The van der Waals surface area contributed by atoms with Gasteiger partial charge < -0.3 is 5.73 Å². The minimum Gasteiger partial charge on any atom is -0.397 e. The van der Waals surface area contributed by atoms with Gasteiger partial charge in [-0.05, 0) is 37.6 Å². The lowest BCUT2D eigenvalue weighted by molar-refractivity contribution is 0.104. The van der Waals surface area contributed by atoms with E-state index in [0.29, 0.717) is 16.1 Å². The minimum atomic E-state index is -0.0694. The standard InChI is InChI=1S/C16H13BrN2OS/c1-8-7-9(2)19-16-12(8)13(18)15(21-16)14(20)10-5-3-4-6-11(10)17/h3-7H,18H2,1-2H3. The van der Waals surface area contributed by atoms with Crippen LogP contribution in [0.15, 0.2) is 34.8 Å². The van der Waals surface area contributed by atoms with Crippen LogP contribution in [0.5, 0.6) is 0 Å². The topological polar surface area (TPSA) is 56.0 Å². The molecule has 3 aromatic rings. The van der Waals surface area contributed by atoms with Gasteiger partial charge in [0.05, 0.1) is 5.69 Å². The summed E-state index contributed by atoms with van der Waals surface area (Å²) in [7, 11) is 0. The number of thiophene rings is 1. The Kier molecular flexibility index (Phi) is 3.55. The van der Waals surface area contributed by atoms with E-state index < -0.39 is 0 Å². The molecule has 0 unspecified atom stereocenters. The molecule has 0 aliphatic carbocycles. The van der Waals surface area contributed by atoms with Crippen LogP contribution in [0.4, 0.5) is 5.69 Å². The maximum atomic E-state index is 12.7. The number of aryl methyl sites for hydroxylation is 2. The summed E-state index contributed by atoms with van der Waals surface area (Å²) in [6, 6.07) is 9.35. The summed E-state index contributed by atoms with van der Waals surface area (Å²) in [5, 5.41) is 0.890. The molecule has 0 aliphatic rings. The summed E-state index contributed by atoms with van der Waals surface area (Å²) in [5.74, 6) is -0.0694. The summed E-state index contributed by atoms with van der Waals surface area (Å²) < 4.78 is 0.771. The van der Waals surface area contributed by atoms with Crippen molar-refractivity contribution in [2.75, 3.05) is 5.73 Å². The fraction of sp³-hybridized carbons (Fsp3) is 0.125. The van der Waals surface area contributed by atoms with Gasteiger partial charge in [-0.2, -0.15) is 0 Å². The molecule has 0 saturated heterocycles. The second-order valence-electron chi connectivity index (χ2n) is 4.91. The number of benzene rings is 1. The summed E-state index contributed by atoms with van der Waals surface area (Å²) >= 11 is 4.77. The molecule has 0 saturated carbocycles. The molecular weight excluding hydrogens is 348 g/mol. The zero-order valence-corrected chi connectivity index (χ0v) is 14.0. The lowest BCUT2D eigenvalue weighted by Crippen LogP contribution is -2.03. The van der Waals surface area contributed by atoms with E-state index in [2.05, 4.69) is 20.9 Å². The number of nitrogen functional groups attached to an aromatic ring is 1. The molecule has 0 fully saturated rings. The van der Waals surface area contributed by atoms with Crippen molar-refractivity contribution in [2.24, 2.45) is 0 Å². The van der Waals surface area contributed by atoms with Gasteiger partial charge in [0.15, 0.2) is 0 Å².